The standard InChI is InChI=1S/C25H23N7O2/c1-15(2)25(33)31-18-4-6-21-20(11-18)24(28-13-26-21)30-17-5-7-22(16(3)10-17)34-19-8-9-32-23(12-19)27-14-29-32/h4-15H,1-3H3,(H,31,33)(H,26,28,30). The summed E-state index contributed by atoms with van der Waals surface area (Å²) in [6.07, 6.45) is 4.83. The van der Waals surface area contributed by atoms with Crippen molar-refractivity contribution in [3.8, 4) is 11.5 Å². The van der Waals surface area contributed by atoms with Crippen LogP contribution in [0.2, 0.25) is 0 Å². The Balaban J connectivity index is 1.38. The molecule has 3 heterocycles. The SMILES string of the molecule is Cc1cc(Nc2ncnc3ccc(NC(=O)C(C)C)cc23)ccc1Oc1ccn2ncnc2c1. The van der Waals surface area contributed by atoms with Crippen LogP contribution in [0, 0.1) is 12.8 Å². The molecule has 2 N–H and O–H groups in total. The van der Waals surface area contributed by atoms with Crippen LogP contribution in [0.5, 0.6) is 11.5 Å². The Morgan fingerprint density at radius 1 is 0.971 bits per heavy atom. The van der Waals surface area contributed by atoms with Crippen LogP contribution in [-0.4, -0.2) is 30.5 Å². The summed E-state index contributed by atoms with van der Waals surface area (Å²) in [5.74, 6) is 1.92. The monoisotopic (exact) mass is 453 g/mol. The molecular formula is C25H23N7O2. The summed E-state index contributed by atoms with van der Waals surface area (Å²) in [5.41, 5.74) is 4.01. The molecule has 9 nitrogen and oxygen atoms in total. The molecular weight excluding hydrogens is 430 g/mol. The second-order valence-electron chi connectivity index (χ2n) is 8.23. The molecule has 34 heavy (non-hydrogen) atoms. The Kier molecular flexibility index (Phi) is 5.51. The zero-order chi connectivity index (χ0) is 23.7. The molecule has 5 aromatic rings. The Bertz CT molecular complexity index is 1510. The third-order valence-electron chi connectivity index (χ3n) is 5.34. The van der Waals surface area contributed by atoms with Crippen molar-refractivity contribution in [2.24, 2.45) is 5.92 Å². The minimum absolute atomic E-state index is 0.0416. The van der Waals surface area contributed by atoms with E-state index in [9.17, 15) is 4.79 Å². The molecule has 0 aliphatic rings. The maximum Gasteiger partial charge on any atom is 0.226 e. The molecule has 3 aromatic heterocycles. The van der Waals surface area contributed by atoms with E-state index in [2.05, 4.69) is 30.7 Å². The third kappa shape index (κ3) is 4.36. The fraction of sp³-hybridized carbons (Fsp3) is 0.160. The average Bonchev–Trinajstić information content (AvgIpc) is 3.29. The van der Waals surface area contributed by atoms with Crippen LogP contribution < -0.4 is 15.4 Å². The molecule has 0 bridgehead atoms. The van der Waals surface area contributed by atoms with E-state index < -0.39 is 0 Å². The highest BCUT2D eigenvalue weighted by molar-refractivity contribution is 5.97. The summed E-state index contributed by atoms with van der Waals surface area (Å²) in [6, 6.07) is 15.1. The average molecular weight is 454 g/mol. The molecule has 0 atom stereocenters. The van der Waals surface area contributed by atoms with Gasteiger partial charge >= 0.3 is 0 Å². The van der Waals surface area contributed by atoms with Gasteiger partial charge in [-0.15, -0.1) is 0 Å². The number of amides is 1. The van der Waals surface area contributed by atoms with E-state index in [0.717, 1.165) is 27.9 Å². The number of nitrogens with zero attached hydrogens (tertiary/aromatic N) is 5. The Morgan fingerprint density at radius 2 is 1.82 bits per heavy atom. The number of anilines is 3. The topological polar surface area (TPSA) is 106 Å². The number of benzene rings is 2. The molecule has 0 unspecified atom stereocenters. The van der Waals surface area contributed by atoms with E-state index in [4.69, 9.17) is 4.74 Å². The minimum Gasteiger partial charge on any atom is -0.457 e. The smallest absolute Gasteiger partial charge is 0.226 e. The number of carbonyl (C=O) groups excluding carboxylic acids is 1. The number of pyridine rings is 1. The fourth-order valence-electron chi connectivity index (χ4n) is 3.49. The summed E-state index contributed by atoms with van der Waals surface area (Å²) < 4.78 is 7.74. The van der Waals surface area contributed by atoms with Gasteiger partial charge in [0, 0.05) is 34.9 Å². The van der Waals surface area contributed by atoms with E-state index in [1.807, 2.05) is 69.3 Å². The number of nitrogens with one attached hydrogen (secondary N) is 2. The fourth-order valence-corrected chi connectivity index (χ4v) is 3.49. The number of hydrogen-bond acceptors (Lipinski definition) is 7. The van der Waals surface area contributed by atoms with Gasteiger partial charge in [-0.25, -0.2) is 19.5 Å². The van der Waals surface area contributed by atoms with Gasteiger partial charge in [0.15, 0.2) is 5.65 Å². The first-order chi connectivity index (χ1) is 16.5. The Morgan fingerprint density at radius 3 is 2.65 bits per heavy atom. The van der Waals surface area contributed by atoms with Gasteiger partial charge in [0.25, 0.3) is 0 Å². The van der Waals surface area contributed by atoms with Gasteiger partial charge in [0.2, 0.25) is 5.91 Å². The van der Waals surface area contributed by atoms with Crippen molar-refractivity contribution >= 4 is 39.6 Å². The quantitative estimate of drug-likeness (QED) is 0.368. The van der Waals surface area contributed by atoms with E-state index >= 15 is 0 Å². The van der Waals surface area contributed by atoms with E-state index in [1.165, 1.54) is 12.7 Å². The van der Waals surface area contributed by atoms with Gasteiger partial charge < -0.3 is 15.4 Å². The largest absolute Gasteiger partial charge is 0.457 e. The van der Waals surface area contributed by atoms with Gasteiger partial charge in [0.05, 0.1) is 5.52 Å². The van der Waals surface area contributed by atoms with Gasteiger partial charge in [-0.1, -0.05) is 13.8 Å². The van der Waals surface area contributed by atoms with Gasteiger partial charge in [-0.2, -0.15) is 5.10 Å². The Labute approximate surface area is 195 Å². The lowest BCUT2D eigenvalue weighted by molar-refractivity contribution is -0.118. The van der Waals surface area contributed by atoms with Crippen molar-refractivity contribution in [1.29, 1.82) is 0 Å². The zero-order valence-corrected chi connectivity index (χ0v) is 19.0. The van der Waals surface area contributed by atoms with Crippen molar-refractivity contribution in [3.05, 3.63) is 72.9 Å². The third-order valence-corrected chi connectivity index (χ3v) is 5.34. The molecule has 2 aromatic carbocycles. The maximum atomic E-state index is 12.1. The molecule has 9 heteroatoms. The molecule has 0 fully saturated rings. The molecule has 0 aliphatic carbocycles. The number of ether oxygens (including phenoxy) is 1. The summed E-state index contributed by atoms with van der Waals surface area (Å²) >= 11 is 0. The van der Waals surface area contributed by atoms with Crippen LogP contribution in [0.1, 0.15) is 19.4 Å². The molecule has 0 radical (unpaired) electrons. The van der Waals surface area contributed by atoms with Crippen LogP contribution >= 0.6 is 0 Å². The van der Waals surface area contributed by atoms with Crippen LogP contribution in [0.15, 0.2) is 67.4 Å². The number of fused-ring (bicyclic) bond motifs is 2. The molecule has 170 valence electrons. The highest BCUT2D eigenvalue weighted by Crippen LogP contribution is 2.30. The summed E-state index contributed by atoms with van der Waals surface area (Å²) in [7, 11) is 0. The van der Waals surface area contributed by atoms with Gasteiger partial charge in [-0.05, 0) is 55.0 Å². The first kappa shape index (κ1) is 21.3. The lowest BCUT2D eigenvalue weighted by Crippen LogP contribution is -2.17. The highest BCUT2D eigenvalue weighted by atomic mass is 16.5. The number of carbonyl (C=O) groups is 1. The summed E-state index contributed by atoms with van der Waals surface area (Å²) in [6.45, 7) is 5.69. The number of rotatable bonds is 6. The van der Waals surface area contributed by atoms with Crippen LogP contribution in [0.3, 0.4) is 0 Å². The number of aromatic nitrogens is 5. The first-order valence-corrected chi connectivity index (χ1v) is 10.9. The minimum atomic E-state index is -0.109. The highest BCUT2D eigenvalue weighted by Gasteiger charge is 2.11. The normalized spacial score (nSPS) is 11.2. The first-order valence-electron chi connectivity index (χ1n) is 10.9. The maximum absolute atomic E-state index is 12.1. The summed E-state index contributed by atoms with van der Waals surface area (Å²) in [5, 5.41) is 11.2. The van der Waals surface area contributed by atoms with Crippen LogP contribution in [0.4, 0.5) is 17.2 Å². The number of hydrogen-bond donors (Lipinski definition) is 2. The lowest BCUT2D eigenvalue weighted by Gasteiger charge is -2.13. The van der Waals surface area contributed by atoms with E-state index in [-0.39, 0.29) is 11.8 Å². The molecule has 0 saturated carbocycles. The molecule has 5 rings (SSSR count). The molecule has 1 amide bonds. The second kappa shape index (κ2) is 8.78. The van der Waals surface area contributed by atoms with Crippen molar-refractivity contribution in [2.45, 2.75) is 20.8 Å². The lowest BCUT2D eigenvalue weighted by atomic mass is 10.1. The number of aryl methyl sites for hydroxylation is 1. The zero-order valence-electron chi connectivity index (χ0n) is 19.0. The predicted molar refractivity (Wildman–Crippen MR) is 131 cm³/mol. The van der Waals surface area contributed by atoms with Crippen LogP contribution in [-0.2, 0) is 4.79 Å². The van der Waals surface area contributed by atoms with Gasteiger partial charge in [-0.3, -0.25) is 4.79 Å². The predicted octanol–water partition coefficient (Wildman–Crippen LogP) is 5.11. The van der Waals surface area contributed by atoms with Crippen molar-refractivity contribution < 1.29 is 9.53 Å². The summed E-state index contributed by atoms with van der Waals surface area (Å²) in [4.78, 5) is 25.0. The molecule has 0 aliphatic heterocycles. The van der Waals surface area contributed by atoms with E-state index in [1.54, 1.807) is 10.7 Å². The second-order valence-corrected chi connectivity index (χ2v) is 8.23. The Hall–Kier alpha value is -4.53. The van der Waals surface area contributed by atoms with Crippen molar-refractivity contribution in [2.75, 3.05) is 10.6 Å². The molecule has 0 saturated heterocycles. The molecule has 0 spiro atoms. The van der Waals surface area contributed by atoms with Crippen molar-refractivity contribution in [1.82, 2.24) is 24.6 Å². The van der Waals surface area contributed by atoms with Crippen LogP contribution in [0.25, 0.3) is 16.6 Å². The van der Waals surface area contributed by atoms with Crippen molar-refractivity contribution in [3.63, 3.8) is 0 Å². The van der Waals surface area contributed by atoms with Gasteiger partial charge in [0.1, 0.15) is 30.0 Å². The van der Waals surface area contributed by atoms with E-state index in [0.29, 0.717) is 22.9 Å².